The lowest BCUT2D eigenvalue weighted by Gasteiger charge is -2.20. The average Bonchev–Trinajstić information content (AvgIpc) is 2.74. The molecule has 0 spiro atoms. The van der Waals surface area contributed by atoms with Gasteiger partial charge in [0.2, 0.25) is 0 Å². The van der Waals surface area contributed by atoms with E-state index < -0.39 is 0 Å². The number of thiophene rings is 1. The smallest absolute Gasteiger partial charge is 0.0913 e. The first-order chi connectivity index (χ1) is 7.09. The maximum Gasteiger partial charge on any atom is 0.0913 e. The van der Waals surface area contributed by atoms with Crippen molar-refractivity contribution in [1.82, 2.24) is 0 Å². The molecule has 1 aromatic rings. The van der Waals surface area contributed by atoms with Gasteiger partial charge in [0.1, 0.15) is 0 Å². The van der Waals surface area contributed by atoms with Crippen LogP contribution in [-0.4, -0.2) is 5.11 Å². The van der Waals surface area contributed by atoms with Crippen molar-refractivity contribution in [3.63, 3.8) is 0 Å². The summed E-state index contributed by atoms with van der Waals surface area (Å²) in [7, 11) is 0. The first-order valence-corrected chi connectivity index (χ1v) is 7.62. The topological polar surface area (TPSA) is 20.2 Å². The lowest BCUT2D eigenvalue weighted by atomic mass is 9.91. The molecule has 1 nitrogen and oxygen atoms in total. The predicted octanol–water partition coefficient (Wildman–Crippen LogP) is 4.74. The van der Waals surface area contributed by atoms with E-state index in [4.69, 9.17) is 0 Å². The maximum atomic E-state index is 10.3. The standard InChI is InChI=1S/C11H14Br2OS/c1-6-3-2-4-7(6)10(14)9-5-8(12)11(13)15-9/h5-7,10,14H,2-4H2,1H3. The number of rotatable bonds is 2. The molecule has 2 rings (SSSR count). The predicted molar refractivity (Wildman–Crippen MR) is 71.2 cm³/mol. The van der Waals surface area contributed by atoms with Crippen LogP contribution in [0.15, 0.2) is 14.3 Å². The van der Waals surface area contributed by atoms with E-state index in [-0.39, 0.29) is 6.10 Å². The van der Waals surface area contributed by atoms with Gasteiger partial charge in [-0.15, -0.1) is 11.3 Å². The number of aliphatic hydroxyl groups excluding tert-OH is 1. The van der Waals surface area contributed by atoms with Gasteiger partial charge < -0.3 is 5.11 Å². The molecule has 1 heterocycles. The van der Waals surface area contributed by atoms with E-state index >= 15 is 0 Å². The summed E-state index contributed by atoms with van der Waals surface area (Å²) in [5, 5.41) is 10.3. The maximum absolute atomic E-state index is 10.3. The molecule has 0 radical (unpaired) electrons. The third kappa shape index (κ3) is 2.48. The Morgan fingerprint density at radius 1 is 1.47 bits per heavy atom. The molecule has 1 aliphatic carbocycles. The highest BCUT2D eigenvalue weighted by Gasteiger charge is 2.31. The Bertz CT molecular complexity index is 331. The van der Waals surface area contributed by atoms with Crippen LogP contribution in [0.4, 0.5) is 0 Å². The Morgan fingerprint density at radius 3 is 2.67 bits per heavy atom. The van der Waals surface area contributed by atoms with E-state index in [1.807, 2.05) is 6.07 Å². The molecule has 0 saturated heterocycles. The zero-order valence-electron chi connectivity index (χ0n) is 8.54. The average molecular weight is 354 g/mol. The molecule has 3 atom stereocenters. The van der Waals surface area contributed by atoms with Crippen LogP contribution in [-0.2, 0) is 0 Å². The summed E-state index contributed by atoms with van der Waals surface area (Å²) in [5.74, 6) is 1.10. The van der Waals surface area contributed by atoms with E-state index in [0.717, 1.165) is 19.6 Å². The van der Waals surface area contributed by atoms with E-state index in [0.29, 0.717) is 11.8 Å². The van der Waals surface area contributed by atoms with Crippen LogP contribution >= 0.6 is 43.2 Å². The fraction of sp³-hybridized carbons (Fsp3) is 0.636. The third-order valence-corrected chi connectivity index (χ3v) is 6.62. The van der Waals surface area contributed by atoms with Crippen LogP contribution in [0.3, 0.4) is 0 Å². The minimum atomic E-state index is -0.282. The van der Waals surface area contributed by atoms with Gasteiger partial charge in [-0.05, 0) is 56.2 Å². The highest BCUT2D eigenvalue weighted by molar-refractivity contribution is 9.13. The van der Waals surface area contributed by atoms with Gasteiger partial charge in [0.05, 0.1) is 9.89 Å². The molecule has 15 heavy (non-hydrogen) atoms. The van der Waals surface area contributed by atoms with Gasteiger partial charge in [0, 0.05) is 9.35 Å². The van der Waals surface area contributed by atoms with Crippen LogP contribution in [0.5, 0.6) is 0 Å². The second-order valence-electron chi connectivity index (χ2n) is 4.29. The van der Waals surface area contributed by atoms with Gasteiger partial charge in [0.25, 0.3) is 0 Å². The van der Waals surface area contributed by atoms with Gasteiger partial charge in [0.15, 0.2) is 0 Å². The van der Waals surface area contributed by atoms with Crippen molar-refractivity contribution in [2.45, 2.75) is 32.3 Å². The van der Waals surface area contributed by atoms with Crippen LogP contribution in [0.25, 0.3) is 0 Å². The van der Waals surface area contributed by atoms with Gasteiger partial charge >= 0.3 is 0 Å². The summed E-state index contributed by atoms with van der Waals surface area (Å²) in [6, 6.07) is 2.03. The molecule has 1 saturated carbocycles. The van der Waals surface area contributed by atoms with Crippen LogP contribution in [0.1, 0.15) is 37.2 Å². The summed E-state index contributed by atoms with van der Waals surface area (Å²) in [4.78, 5) is 1.08. The molecular formula is C11H14Br2OS. The zero-order chi connectivity index (χ0) is 11.0. The number of halogens is 2. The van der Waals surface area contributed by atoms with Crippen molar-refractivity contribution in [3.05, 3.63) is 19.2 Å². The minimum absolute atomic E-state index is 0.282. The second kappa shape index (κ2) is 4.86. The second-order valence-corrected chi connectivity index (χ2v) is 7.54. The Labute approximate surface area is 111 Å². The van der Waals surface area contributed by atoms with Gasteiger partial charge in [-0.3, -0.25) is 0 Å². The van der Waals surface area contributed by atoms with Crippen LogP contribution in [0, 0.1) is 11.8 Å². The summed E-state index contributed by atoms with van der Waals surface area (Å²) < 4.78 is 2.12. The van der Waals surface area contributed by atoms with Crippen molar-refractivity contribution in [2.75, 3.05) is 0 Å². The van der Waals surface area contributed by atoms with Crippen molar-refractivity contribution in [3.8, 4) is 0 Å². The monoisotopic (exact) mass is 352 g/mol. The molecule has 1 aromatic heterocycles. The van der Waals surface area contributed by atoms with E-state index in [1.165, 1.54) is 12.8 Å². The molecule has 1 N–H and O–H groups in total. The third-order valence-electron chi connectivity index (χ3n) is 3.29. The number of hydrogen-bond acceptors (Lipinski definition) is 2. The molecule has 0 aromatic carbocycles. The van der Waals surface area contributed by atoms with E-state index in [1.54, 1.807) is 11.3 Å². The first-order valence-electron chi connectivity index (χ1n) is 5.22. The quantitative estimate of drug-likeness (QED) is 0.813. The van der Waals surface area contributed by atoms with Crippen molar-refractivity contribution in [1.29, 1.82) is 0 Å². The molecule has 3 unspecified atom stereocenters. The van der Waals surface area contributed by atoms with Gasteiger partial charge in [-0.1, -0.05) is 19.8 Å². The van der Waals surface area contributed by atoms with Crippen molar-refractivity contribution >= 4 is 43.2 Å². The van der Waals surface area contributed by atoms with Gasteiger partial charge in [-0.2, -0.15) is 0 Å². The lowest BCUT2D eigenvalue weighted by molar-refractivity contribution is 0.0932. The lowest BCUT2D eigenvalue weighted by Crippen LogP contribution is -2.13. The minimum Gasteiger partial charge on any atom is -0.387 e. The van der Waals surface area contributed by atoms with Crippen molar-refractivity contribution < 1.29 is 5.11 Å². The molecule has 0 aliphatic heterocycles. The van der Waals surface area contributed by atoms with Gasteiger partial charge in [-0.25, -0.2) is 0 Å². The molecule has 0 bridgehead atoms. The fourth-order valence-corrected chi connectivity index (χ4v) is 4.52. The molecule has 84 valence electrons. The molecule has 1 fully saturated rings. The fourth-order valence-electron chi connectivity index (χ4n) is 2.36. The molecule has 1 aliphatic rings. The Hall–Kier alpha value is 0.620. The van der Waals surface area contributed by atoms with E-state index in [2.05, 4.69) is 38.8 Å². The SMILES string of the molecule is CC1CCCC1C(O)c1cc(Br)c(Br)s1. The number of hydrogen-bond donors (Lipinski definition) is 1. The summed E-state index contributed by atoms with van der Waals surface area (Å²) in [6.45, 7) is 2.25. The Morgan fingerprint density at radius 2 is 2.20 bits per heavy atom. The number of aliphatic hydroxyl groups is 1. The Kier molecular flexibility index (Phi) is 3.92. The largest absolute Gasteiger partial charge is 0.387 e. The summed E-state index contributed by atoms with van der Waals surface area (Å²) >= 11 is 8.56. The summed E-state index contributed by atoms with van der Waals surface area (Å²) in [6.07, 6.45) is 3.40. The van der Waals surface area contributed by atoms with Crippen LogP contribution < -0.4 is 0 Å². The highest BCUT2D eigenvalue weighted by atomic mass is 79.9. The molecule has 0 amide bonds. The summed E-state index contributed by atoms with van der Waals surface area (Å²) in [5.41, 5.74) is 0. The van der Waals surface area contributed by atoms with Crippen molar-refractivity contribution in [2.24, 2.45) is 11.8 Å². The molecular weight excluding hydrogens is 340 g/mol. The first kappa shape index (κ1) is 12.1. The Balaban J connectivity index is 2.16. The zero-order valence-corrected chi connectivity index (χ0v) is 12.5. The molecule has 4 heteroatoms. The highest BCUT2D eigenvalue weighted by Crippen LogP contribution is 2.44. The normalized spacial score (nSPS) is 28.3. The van der Waals surface area contributed by atoms with E-state index in [9.17, 15) is 5.11 Å². The van der Waals surface area contributed by atoms with Crippen LogP contribution in [0.2, 0.25) is 0 Å².